The van der Waals surface area contributed by atoms with Gasteiger partial charge in [0.25, 0.3) is 5.91 Å². The standard InChI is InChI=1S/C21H26FN3O5S/c1-29-19-8-4-18(5-9-19)24-11-13-25(14-12-24)31(27,28)15-10-23-21(26)16-30-20-6-2-17(22)3-7-20/h2-9H,10-16H2,1H3,(H,23,26). The van der Waals surface area contributed by atoms with Crippen LogP contribution in [0.4, 0.5) is 10.1 Å². The van der Waals surface area contributed by atoms with Gasteiger partial charge in [-0.15, -0.1) is 0 Å². The molecule has 168 valence electrons. The van der Waals surface area contributed by atoms with Crippen molar-refractivity contribution in [2.24, 2.45) is 0 Å². The van der Waals surface area contributed by atoms with Crippen LogP contribution in [0.25, 0.3) is 0 Å². The summed E-state index contributed by atoms with van der Waals surface area (Å²) in [6, 6.07) is 12.9. The lowest BCUT2D eigenvalue weighted by Crippen LogP contribution is -2.50. The Kier molecular flexibility index (Phi) is 7.69. The molecule has 0 bridgehead atoms. The second kappa shape index (κ2) is 10.5. The number of piperazine rings is 1. The number of halogens is 1. The maximum Gasteiger partial charge on any atom is 0.257 e. The van der Waals surface area contributed by atoms with Crippen LogP contribution in [0.5, 0.6) is 11.5 Å². The Labute approximate surface area is 181 Å². The second-order valence-corrected chi connectivity index (χ2v) is 9.08. The summed E-state index contributed by atoms with van der Waals surface area (Å²) in [7, 11) is -1.87. The fourth-order valence-electron chi connectivity index (χ4n) is 3.20. The predicted octanol–water partition coefficient (Wildman–Crippen LogP) is 1.48. The van der Waals surface area contributed by atoms with Crippen LogP contribution in [-0.2, 0) is 14.8 Å². The lowest BCUT2D eigenvalue weighted by molar-refractivity contribution is -0.122. The van der Waals surface area contributed by atoms with Gasteiger partial charge in [-0.05, 0) is 48.5 Å². The number of sulfonamides is 1. The Balaban J connectivity index is 1.39. The van der Waals surface area contributed by atoms with Gasteiger partial charge in [0, 0.05) is 38.4 Å². The molecule has 31 heavy (non-hydrogen) atoms. The highest BCUT2D eigenvalue weighted by atomic mass is 32.2. The maximum absolute atomic E-state index is 12.9. The summed E-state index contributed by atoms with van der Waals surface area (Å²) in [5.41, 5.74) is 1.02. The number of anilines is 1. The van der Waals surface area contributed by atoms with Gasteiger partial charge in [-0.3, -0.25) is 4.79 Å². The van der Waals surface area contributed by atoms with Gasteiger partial charge in [0.2, 0.25) is 10.0 Å². The van der Waals surface area contributed by atoms with Gasteiger partial charge in [0.05, 0.1) is 12.9 Å². The quantitative estimate of drug-likeness (QED) is 0.622. The number of benzene rings is 2. The van der Waals surface area contributed by atoms with E-state index in [0.717, 1.165) is 11.4 Å². The Hall–Kier alpha value is -2.85. The van der Waals surface area contributed by atoms with Crippen molar-refractivity contribution in [1.29, 1.82) is 0 Å². The van der Waals surface area contributed by atoms with Crippen LogP contribution >= 0.6 is 0 Å². The van der Waals surface area contributed by atoms with Crippen LogP contribution in [0.3, 0.4) is 0 Å². The molecule has 0 saturated carbocycles. The molecule has 2 aromatic rings. The summed E-state index contributed by atoms with van der Waals surface area (Å²) < 4.78 is 49.9. The van der Waals surface area contributed by atoms with Crippen molar-refractivity contribution < 1.29 is 27.1 Å². The minimum atomic E-state index is -3.48. The first-order valence-electron chi connectivity index (χ1n) is 9.89. The third-order valence-electron chi connectivity index (χ3n) is 4.94. The van der Waals surface area contributed by atoms with Crippen LogP contribution < -0.4 is 19.7 Å². The summed E-state index contributed by atoms with van der Waals surface area (Å²) >= 11 is 0. The topological polar surface area (TPSA) is 88.2 Å². The summed E-state index contributed by atoms with van der Waals surface area (Å²) in [6.45, 7) is 1.66. The van der Waals surface area contributed by atoms with Crippen molar-refractivity contribution in [1.82, 2.24) is 9.62 Å². The monoisotopic (exact) mass is 451 g/mol. The zero-order valence-corrected chi connectivity index (χ0v) is 18.1. The Morgan fingerprint density at radius 2 is 1.61 bits per heavy atom. The number of methoxy groups -OCH3 is 1. The van der Waals surface area contributed by atoms with Gasteiger partial charge in [-0.25, -0.2) is 12.8 Å². The maximum atomic E-state index is 12.9. The van der Waals surface area contributed by atoms with Gasteiger partial charge >= 0.3 is 0 Å². The minimum absolute atomic E-state index is 0.00730. The summed E-state index contributed by atoms with van der Waals surface area (Å²) in [5, 5.41) is 2.54. The van der Waals surface area contributed by atoms with Crippen LogP contribution in [0.15, 0.2) is 48.5 Å². The number of amides is 1. The van der Waals surface area contributed by atoms with Gasteiger partial charge < -0.3 is 19.7 Å². The Morgan fingerprint density at radius 3 is 2.23 bits per heavy atom. The van der Waals surface area contributed by atoms with Gasteiger partial charge in [-0.2, -0.15) is 4.31 Å². The first-order valence-corrected chi connectivity index (χ1v) is 11.5. The molecule has 8 nitrogen and oxygen atoms in total. The molecular formula is C21H26FN3O5S. The number of nitrogens with zero attached hydrogens (tertiary/aromatic N) is 2. The number of carbonyl (C=O) groups is 1. The molecule has 0 atom stereocenters. The molecule has 1 aliphatic heterocycles. The van der Waals surface area contributed by atoms with E-state index in [-0.39, 0.29) is 18.9 Å². The molecule has 0 spiro atoms. The second-order valence-electron chi connectivity index (χ2n) is 6.99. The van der Waals surface area contributed by atoms with Gasteiger partial charge in [0.1, 0.15) is 17.3 Å². The summed E-state index contributed by atoms with van der Waals surface area (Å²) in [4.78, 5) is 14.0. The third-order valence-corrected chi connectivity index (χ3v) is 6.81. The van der Waals surface area contributed by atoms with Crippen molar-refractivity contribution in [2.45, 2.75) is 0 Å². The molecule has 0 unspecified atom stereocenters. The van der Waals surface area contributed by atoms with Crippen molar-refractivity contribution in [2.75, 3.05) is 57.1 Å². The number of carbonyl (C=O) groups excluding carboxylic acids is 1. The molecule has 1 heterocycles. The van der Waals surface area contributed by atoms with E-state index in [2.05, 4.69) is 10.2 Å². The van der Waals surface area contributed by atoms with E-state index in [1.54, 1.807) is 7.11 Å². The van der Waals surface area contributed by atoms with E-state index in [1.165, 1.54) is 28.6 Å². The van der Waals surface area contributed by atoms with E-state index in [1.807, 2.05) is 24.3 Å². The van der Waals surface area contributed by atoms with Crippen molar-refractivity contribution in [3.05, 3.63) is 54.3 Å². The fourth-order valence-corrected chi connectivity index (χ4v) is 4.53. The predicted molar refractivity (Wildman–Crippen MR) is 115 cm³/mol. The van der Waals surface area contributed by atoms with Crippen molar-refractivity contribution in [3.63, 3.8) is 0 Å². The molecule has 10 heteroatoms. The van der Waals surface area contributed by atoms with Crippen molar-refractivity contribution >= 4 is 21.6 Å². The lowest BCUT2D eigenvalue weighted by Gasteiger charge is -2.35. The third kappa shape index (κ3) is 6.56. The average molecular weight is 452 g/mol. The molecule has 1 aliphatic rings. The molecule has 2 aromatic carbocycles. The van der Waals surface area contributed by atoms with E-state index in [4.69, 9.17) is 9.47 Å². The van der Waals surface area contributed by atoms with Crippen molar-refractivity contribution in [3.8, 4) is 11.5 Å². The molecule has 3 rings (SSSR count). The zero-order valence-electron chi connectivity index (χ0n) is 17.3. The summed E-state index contributed by atoms with van der Waals surface area (Å²) in [6.07, 6.45) is 0. The minimum Gasteiger partial charge on any atom is -0.497 e. The molecule has 0 aromatic heterocycles. The smallest absolute Gasteiger partial charge is 0.257 e. The van der Waals surface area contributed by atoms with E-state index in [9.17, 15) is 17.6 Å². The SMILES string of the molecule is COc1ccc(N2CCN(S(=O)(=O)CCNC(=O)COc3ccc(F)cc3)CC2)cc1. The van der Waals surface area contributed by atoms with E-state index < -0.39 is 21.7 Å². The van der Waals surface area contributed by atoms with Crippen LogP contribution in [0.1, 0.15) is 0 Å². The molecular weight excluding hydrogens is 425 g/mol. The molecule has 1 fully saturated rings. The Bertz CT molecular complexity index is 960. The van der Waals surface area contributed by atoms with E-state index >= 15 is 0 Å². The average Bonchev–Trinajstić information content (AvgIpc) is 2.79. The number of ether oxygens (including phenoxy) is 2. The highest BCUT2D eigenvalue weighted by Crippen LogP contribution is 2.21. The lowest BCUT2D eigenvalue weighted by atomic mass is 10.2. The number of hydrogen-bond acceptors (Lipinski definition) is 6. The molecule has 1 N–H and O–H groups in total. The first-order chi connectivity index (χ1) is 14.9. The highest BCUT2D eigenvalue weighted by molar-refractivity contribution is 7.89. The summed E-state index contributed by atoms with van der Waals surface area (Å²) in [5.74, 6) is 0.113. The molecule has 0 aliphatic carbocycles. The molecule has 0 radical (unpaired) electrons. The number of rotatable bonds is 9. The highest BCUT2D eigenvalue weighted by Gasteiger charge is 2.26. The van der Waals surface area contributed by atoms with Gasteiger partial charge in [0.15, 0.2) is 6.61 Å². The Morgan fingerprint density at radius 1 is 1.00 bits per heavy atom. The van der Waals surface area contributed by atoms with E-state index in [0.29, 0.717) is 31.9 Å². The van der Waals surface area contributed by atoms with Gasteiger partial charge in [-0.1, -0.05) is 0 Å². The molecule has 1 amide bonds. The fraction of sp³-hybridized carbons (Fsp3) is 0.381. The number of hydrogen-bond donors (Lipinski definition) is 1. The first kappa shape index (κ1) is 22.8. The normalized spacial score (nSPS) is 14.8. The van der Waals surface area contributed by atoms with Crippen LogP contribution in [0.2, 0.25) is 0 Å². The van der Waals surface area contributed by atoms with Crippen LogP contribution in [-0.4, -0.2) is 70.8 Å². The van der Waals surface area contributed by atoms with Crippen LogP contribution in [0, 0.1) is 5.82 Å². The number of nitrogens with one attached hydrogen (secondary N) is 1. The molecule has 1 saturated heterocycles. The largest absolute Gasteiger partial charge is 0.497 e. The zero-order chi connectivity index (χ0) is 22.3.